The van der Waals surface area contributed by atoms with E-state index in [0.29, 0.717) is 10.9 Å². The topological polar surface area (TPSA) is 38.3 Å². The van der Waals surface area contributed by atoms with E-state index in [-0.39, 0.29) is 17.2 Å². The quantitative estimate of drug-likeness (QED) is 0.782. The normalized spacial score (nSPS) is 25.4. The number of fused-ring (bicyclic) bond motifs is 2. The molecule has 2 aromatic rings. The average Bonchev–Trinajstić information content (AvgIpc) is 3.02. The van der Waals surface area contributed by atoms with Crippen molar-refractivity contribution < 1.29 is 9.53 Å². The first kappa shape index (κ1) is 17.4. The Hall–Kier alpha value is -2.00. The van der Waals surface area contributed by atoms with Crippen LogP contribution >= 0.6 is 11.6 Å². The second-order valence-corrected chi connectivity index (χ2v) is 8.12. The molecule has 1 amide bonds. The van der Waals surface area contributed by atoms with Gasteiger partial charge in [-0.3, -0.25) is 4.79 Å². The number of amides is 1. The Morgan fingerprint density at radius 2 is 1.85 bits per heavy atom. The number of carbonyl (C=O) groups is 1. The summed E-state index contributed by atoms with van der Waals surface area (Å²) in [5, 5.41) is 3.69. The first-order chi connectivity index (χ1) is 12.6. The molecule has 2 aromatic carbocycles. The number of rotatable bonds is 3. The fraction of sp³-hybridized carbons (Fsp3) is 0.409. The molecule has 1 aliphatic heterocycles. The molecular formula is C22H24ClNO2. The third-order valence-corrected chi connectivity index (χ3v) is 6.43. The maximum absolute atomic E-state index is 12.6. The van der Waals surface area contributed by atoms with Gasteiger partial charge in [0.2, 0.25) is 5.91 Å². The number of para-hydroxylation sites is 1. The zero-order chi connectivity index (χ0) is 18.1. The van der Waals surface area contributed by atoms with Crippen molar-refractivity contribution in [3.05, 3.63) is 59.1 Å². The van der Waals surface area contributed by atoms with Crippen LogP contribution in [0.3, 0.4) is 0 Å². The number of hydrogen-bond donors (Lipinski definition) is 1. The molecule has 0 aromatic heterocycles. The predicted molar refractivity (Wildman–Crippen MR) is 105 cm³/mol. The van der Waals surface area contributed by atoms with E-state index in [4.69, 9.17) is 16.3 Å². The third-order valence-electron chi connectivity index (χ3n) is 6.18. The van der Waals surface area contributed by atoms with Gasteiger partial charge in [0.15, 0.2) is 0 Å². The Balaban J connectivity index is 1.38. The zero-order valence-electron chi connectivity index (χ0n) is 15.0. The summed E-state index contributed by atoms with van der Waals surface area (Å²) >= 11 is 5.90. The Kier molecular flexibility index (Phi) is 4.66. The van der Waals surface area contributed by atoms with Crippen molar-refractivity contribution in [1.82, 2.24) is 0 Å². The largest absolute Gasteiger partial charge is 0.492 e. The van der Waals surface area contributed by atoms with Gasteiger partial charge in [-0.15, -0.1) is 0 Å². The Labute approximate surface area is 159 Å². The molecule has 1 aliphatic carbocycles. The van der Waals surface area contributed by atoms with Crippen molar-refractivity contribution in [2.75, 3.05) is 11.9 Å². The Bertz CT molecular complexity index is 794. The molecule has 26 heavy (non-hydrogen) atoms. The third kappa shape index (κ3) is 3.21. The minimum absolute atomic E-state index is 0.000549. The Morgan fingerprint density at radius 1 is 1.15 bits per heavy atom. The van der Waals surface area contributed by atoms with Gasteiger partial charge in [-0.25, -0.2) is 0 Å². The summed E-state index contributed by atoms with van der Waals surface area (Å²) in [4.78, 5) is 12.6. The van der Waals surface area contributed by atoms with Gasteiger partial charge in [0.05, 0.1) is 6.61 Å². The number of carbonyl (C=O) groups excluding carboxylic acids is 1. The molecule has 1 saturated carbocycles. The molecule has 1 atom stereocenters. The number of halogens is 1. The fourth-order valence-electron chi connectivity index (χ4n) is 4.43. The summed E-state index contributed by atoms with van der Waals surface area (Å²) in [6.45, 7) is 2.83. The van der Waals surface area contributed by atoms with Gasteiger partial charge in [-0.05, 0) is 61.9 Å². The van der Waals surface area contributed by atoms with E-state index in [1.54, 1.807) is 12.1 Å². The second-order valence-electron chi connectivity index (χ2n) is 7.69. The first-order valence-corrected chi connectivity index (χ1v) is 9.74. The van der Waals surface area contributed by atoms with E-state index in [1.807, 2.05) is 25.1 Å². The van der Waals surface area contributed by atoms with Gasteiger partial charge in [0.25, 0.3) is 0 Å². The molecule has 3 nitrogen and oxygen atoms in total. The van der Waals surface area contributed by atoms with Gasteiger partial charge in [0.1, 0.15) is 5.75 Å². The summed E-state index contributed by atoms with van der Waals surface area (Å²) in [5.74, 6) is 1.55. The van der Waals surface area contributed by atoms with Crippen LogP contribution in [0.5, 0.6) is 5.75 Å². The highest BCUT2D eigenvalue weighted by atomic mass is 35.5. The van der Waals surface area contributed by atoms with E-state index >= 15 is 0 Å². The van der Waals surface area contributed by atoms with E-state index in [1.165, 1.54) is 5.56 Å². The monoisotopic (exact) mass is 369 g/mol. The number of ether oxygens (including phenoxy) is 1. The molecule has 1 unspecified atom stereocenters. The van der Waals surface area contributed by atoms with E-state index in [2.05, 4.69) is 23.5 Å². The van der Waals surface area contributed by atoms with Gasteiger partial charge >= 0.3 is 0 Å². The highest BCUT2D eigenvalue weighted by molar-refractivity contribution is 6.30. The van der Waals surface area contributed by atoms with Crippen LogP contribution < -0.4 is 10.1 Å². The summed E-state index contributed by atoms with van der Waals surface area (Å²) in [6, 6.07) is 15.7. The fourth-order valence-corrected chi connectivity index (χ4v) is 4.56. The first-order valence-electron chi connectivity index (χ1n) is 9.36. The van der Waals surface area contributed by atoms with Crippen molar-refractivity contribution in [3.63, 3.8) is 0 Å². The molecule has 1 spiro atoms. The minimum atomic E-state index is 0.000549. The summed E-state index contributed by atoms with van der Waals surface area (Å²) in [5.41, 5.74) is 2.31. The summed E-state index contributed by atoms with van der Waals surface area (Å²) in [7, 11) is 0. The lowest BCUT2D eigenvalue weighted by molar-refractivity contribution is -0.121. The maximum atomic E-state index is 12.6. The molecule has 0 saturated heterocycles. The van der Waals surface area contributed by atoms with Gasteiger partial charge in [0, 0.05) is 27.6 Å². The van der Waals surface area contributed by atoms with Crippen LogP contribution in [-0.4, -0.2) is 12.5 Å². The maximum Gasteiger partial charge on any atom is 0.227 e. The number of benzene rings is 2. The Morgan fingerprint density at radius 3 is 2.58 bits per heavy atom. The summed E-state index contributed by atoms with van der Waals surface area (Å²) in [6.07, 6.45) is 4.31. The smallest absolute Gasteiger partial charge is 0.227 e. The van der Waals surface area contributed by atoms with Crippen LogP contribution in [0.2, 0.25) is 5.02 Å². The van der Waals surface area contributed by atoms with Crippen molar-refractivity contribution in [2.45, 2.75) is 38.0 Å². The molecule has 4 heteroatoms. The lowest BCUT2D eigenvalue weighted by atomic mass is 9.65. The molecule has 0 radical (unpaired) electrons. The molecule has 2 aliphatic rings. The van der Waals surface area contributed by atoms with Crippen molar-refractivity contribution >= 4 is 23.2 Å². The van der Waals surface area contributed by atoms with Gasteiger partial charge in [-0.2, -0.15) is 0 Å². The molecule has 4 rings (SSSR count). The van der Waals surface area contributed by atoms with Crippen molar-refractivity contribution in [1.29, 1.82) is 0 Å². The van der Waals surface area contributed by atoms with Crippen molar-refractivity contribution in [3.8, 4) is 5.75 Å². The predicted octanol–water partition coefficient (Wildman–Crippen LogP) is 5.44. The zero-order valence-corrected chi connectivity index (χ0v) is 15.8. The second kappa shape index (κ2) is 6.96. The molecule has 1 N–H and O–H groups in total. The molecule has 0 bridgehead atoms. The standard InChI is InChI=1S/C22H24ClNO2/c1-15(21(25)24-18-8-6-17(23)7-9-18)16-10-12-22(13-11-16)14-26-20-5-3-2-4-19(20)22/h2-9,15-16H,10-14H2,1H3,(H,24,25)/t15?,16-,22-. The van der Waals surface area contributed by atoms with Crippen LogP contribution in [0.1, 0.15) is 38.2 Å². The molecular weight excluding hydrogens is 346 g/mol. The van der Waals surface area contributed by atoms with Crippen LogP contribution in [0, 0.1) is 11.8 Å². The lowest BCUT2D eigenvalue weighted by Gasteiger charge is -2.38. The number of nitrogens with one attached hydrogen (secondary N) is 1. The highest BCUT2D eigenvalue weighted by Crippen LogP contribution is 2.50. The average molecular weight is 370 g/mol. The minimum Gasteiger partial charge on any atom is -0.492 e. The van der Waals surface area contributed by atoms with E-state index in [0.717, 1.165) is 43.7 Å². The van der Waals surface area contributed by atoms with Crippen LogP contribution in [0.25, 0.3) is 0 Å². The SMILES string of the molecule is CC(C(=O)Nc1ccc(Cl)cc1)[C@H]1CC[C@]2(CC1)COc1ccccc12. The molecule has 1 fully saturated rings. The van der Waals surface area contributed by atoms with Gasteiger partial charge < -0.3 is 10.1 Å². The number of hydrogen-bond acceptors (Lipinski definition) is 2. The van der Waals surface area contributed by atoms with E-state index < -0.39 is 0 Å². The lowest BCUT2D eigenvalue weighted by Crippen LogP contribution is -2.37. The van der Waals surface area contributed by atoms with Crippen LogP contribution in [0.15, 0.2) is 48.5 Å². The van der Waals surface area contributed by atoms with Crippen molar-refractivity contribution in [2.24, 2.45) is 11.8 Å². The molecule has 136 valence electrons. The summed E-state index contributed by atoms with van der Waals surface area (Å²) < 4.78 is 5.93. The van der Waals surface area contributed by atoms with Gasteiger partial charge in [-0.1, -0.05) is 36.7 Å². The van der Waals surface area contributed by atoms with Crippen LogP contribution in [-0.2, 0) is 10.2 Å². The van der Waals surface area contributed by atoms with Crippen LogP contribution in [0.4, 0.5) is 5.69 Å². The molecule has 1 heterocycles. The van der Waals surface area contributed by atoms with E-state index in [9.17, 15) is 4.79 Å². The number of anilines is 1. The highest BCUT2D eigenvalue weighted by Gasteiger charge is 2.44.